The second kappa shape index (κ2) is 8.60. The van der Waals surface area contributed by atoms with Gasteiger partial charge in [0, 0.05) is 6.07 Å². The number of benzene rings is 2. The van der Waals surface area contributed by atoms with Gasteiger partial charge in [0.05, 0.1) is 5.39 Å². The first kappa shape index (κ1) is 20.1. The maximum Gasteiger partial charge on any atom is 0.408 e. The molecule has 3 rings (SSSR count). The number of aryl methyl sites for hydroxylation is 2. The number of amides is 1. The van der Waals surface area contributed by atoms with E-state index in [-0.39, 0.29) is 12.4 Å². The van der Waals surface area contributed by atoms with Crippen molar-refractivity contribution in [1.29, 1.82) is 0 Å². The fourth-order valence-corrected chi connectivity index (χ4v) is 2.85. The van der Waals surface area contributed by atoms with E-state index in [1.807, 2.05) is 30.3 Å². The summed E-state index contributed by atoms with van der Waals surface area (Å²) in [4.78, 5) is 36.0. The smallest absolute Gasteiger partial charge is 0.408 e. The van der Waals surface area contributed by atoms with Crippen LogP contribution in [0, 0.1) is 13.8 Å². The summed E-state index contributed by atoms with van der Waals surface area (Å²) in [6.07, 6.45) is -0.727. The van der Waals surface area contributed by atoms with Gasteiger partial charge in [0.1, 0.15) is 24.0 Å². The van der Waals surface area contributed by atoms with Crippen molar-refractivity contribution < 1.29 is 23.5 Å². The number of hydrogen-bond acceptors (Lipinski definition) is 6. The normalized spacial score (nSPS) is 11.7. The number of ether oxygens (including phenoxy) is 2. The number of fused-ring (bicyclic) bond motifs is 1. The highest BCUT2D eigenvalue weighted by molar-refractivity contribution is 5.91. The lowest BCUT2D eigenvalue weighted by Crippen LogP contribution is -2.41. The summed E-state index contributed by atoms with van der Waals surface area (Å²) in [6.45, 7) is 5.11. The molecule has 0 aliphatic carbocycles. The molecule has 0 aliphatic heterocycles. The first-order valence-corrected chi connectivity index (χ1v) is 9.07. The van der Waals surface area contributed by atoms with Crippen LogP contribution >= 0.6 is 0 Å². The molecule has 0 spiro atoms. The van der Waals surface area contributed by atoms with Crippen LogP contribution in [0.5, 0.6) is 5.75 Å². The fraction of sp³-hybridized carbons (Fsp3) is 0.227. The van der Waals surface area contributed by atoms with Crippen LogP contribution in [0.2, 0.25) is 0 Å². The molecular weight excluding hydrogens is 374 g/mol. The summed E-state index contributed by atoms with van der Waals surface area (Å²) in [5.74, 6) is -0.406. The molecule has 1 amide bonds. The van der Waals surface area contributed by atoms with Crippen LogP contribution in [0.3, 0.4) is 0 Å². The highest BCUT2D eigenvalue weighted by Gasteiger charge is 2.21. The molecular formula is C22H21NO6. The third-order valence-electron chi connectivity index (χ3n) is 4.26. The molecule has 0 saturated heterocycles. The molecule has 1 unspecified atom stereocenters. The average Bonchev–Trinajstić information content (AvgIpc) is 2.66. The lowest BCUT2D eigenvalue weighted by molar-refractivity contribution is -0.136. The maximum atomic E-state index is 12.5. The molecule has 2 aromatic carbocycles. The van der Waals surface area contributed by atoms with E-state index in [2.05, 4.69) is 5.32 Å². The summed E-state index contributed by atoms with van der Waals surface area (Å²) in [5.41, 5.74) is 2.08. The Hall–Kier alpha value is -3.61. The fourth-order valence-electron chi connectivity index (χ4n) is 2.85. The van der Waals surface area contributed by atoms with Crippen LogP contribution < -0.4 is 15.7 Å². The van der Waals surface area contributed by atoms with E-state index in [1.54, 1.807) is 26.0 Å². The number of carbonyl (C=O) groups is 2. The van der Waals surface area contributed by atoms with Crippen molar-refractivity contribution in [3.8, 4) is 5.75 Å². The van der Waals surface area contributed by atoms with Gasteiger partial charge in [-0.25, -0.2) is 14.4 Å². The van der Waals surface area contributed by atoms with Crippen molar-refractivity contribution >= 4 is 23.0 Å². The Kier molecular flexibility index (Phi) is 5.97. The molecule has 7 nitrogen and oxygen atoms in total. The standard InChI is InChI=1S/C22H21NO6/c1-13-9-17-20(14(2)11-19(24)28-17)18(10-13)29-21(25)15(3)23-22(26)27-12-16-7-5-4-6-8-16/h4-11,15H,12H2,1-3H3,(H,23,26). The van der Waals surface area contributed by atoms with Crippen LogP contribution in [0.25, 0.3) is 11.0 Å². The highest BCUT2D eigenvalue weighted by Crippen LogP contribution is 2.29. The first-order valence-electron chi connectivity index (χ1n) is 9.07. The van der Waals surface area contributed by atoms with E-state index < -0.39 is 23.7 Å². The largest absolute Gasteiger partial charge is 0.445 e. The Morgan fingerprint density at radius 1 is 1.10 bits per heavy atom. The quantitative estimate of drug-likeness (QED) is 0.403. The van der Waals surface area contributed by atoms with Gasteiger partial charge in [0.25, 0.3) is 0 Å². The van der Waals surface area contributed by atoms with Crippen molar-refractivity contribution in [1.82, 2.24) is 5.32 Å². The highest BCUT2D eigenvalue weighted by atomic mass is 16.6. The molecule has 0 bridgehead atoms. The van der Waals surface area contributed by atoms with Crippen LogP contribution in [-0.2, 0) is 16.1 Å². The summed E-state index contributed by atoms with van der Waals surface area (Å²) in [5, 5.41) is 2.98. The zero-order chi connectivity index (χ0) is 21.0. The SMILES string of the molecule is Cc1cc(OC(=O)C(C)NC(=O)OCc2ccccc2)c2c(C)cc(=O)oc2c1. The van der Waals surface area contributed by atoms with E-state index in [0.717, 1.165) is 11.1 Å². The third-order valence-corrected chi connectivity index (χ3v) is 4.26. The second-order valence-corrected chi connectivity index (χ2v) is 6.73. The molecule has 0 fully saturated rings. The van der Waals surface area contributed by atoms with E-state index in [0.29, 0.717) is 16.5 Å². The minimum Gasteiger partial charge on any atom is -0.445 e. The topological polar surface area (TPSA) is 94.8 Å². The van der Waals surface area contributed by atoms with Gasteiger partial charge < -0.3 is 19.2 Å². The Labute approximate surface area is 167 Å². The average molecular weight is 395 g/mol. The summed E-state index contributed by atoms with van der Waals surface area (Å²) < 4.78 is 15.8. The molecule has 7 heteroatoms. The first-order chi connectivity index (χ1) is 13.8. The summed E-state index contributed by atoms with van der Waals surface area (Å²) >= 11 is 0. The number of nitrogens with one attached hydrogen (secondary N) is 1. The molecule has 0 saturated carbocycles. The Bertz CT molecular complexity index is 1100. The van der Waals surface area contributed by atoms with Gasteiger partial charge in [-0.05, 0) is 49.6 Å². The Morgan fingerprint density at radius 2 is 1.83 bits per heavy atom. The Morgan fingerprint density at radius 3 is 2.55 bits per heavy atom. The predicted molar refractivity (Wildman–Crippen MR) is 107 cm³/mol. The van der Waals surface area contributed by atoms with Crippen LogP contribution in [0.1, 0.15) is 23.6 Å². The molecule has 3 aromatic rings. The number of carbonyl (C=O) groups excluding carboxylic acids is 2. The number of hydrogen-bond donors (Lipinski definition) is 1. The van der Waals surface area contributed by atoms with Gasteiger partial charge in [0.15, 0.2) is 0 Å². The molecule has 1 aromatic heterocycles. The van der Waals surface area contributed by atoms with Crippen molar-refractivity contribution in [2.24, 2.45) is 0 Å². The monoisotopic (exact) mass is 395 g/mol. The van der Waals surface area contributed by atoms with Crippen LogP contribution in [-0.4, -0.2) is 18.1 Å². The van der Waals surface area contributed by atoms with Crippen LogP contribution in [0.15, 0.2) is 57.7 Å². The van der Waals surface area contributed by atoms with Gasteiger partial charge in [-0.1, -0.05) is 30.3 Å². The molecule has 29 heavy (non-hydrogen) atoms. The molecule has 150 valence electrons. The van der Waals surface area contributed by atoms with Crippen molar-refractivity contribution in [3.05, 3.63) is 75.6 Å². The van der Waals surface area contributed by atoms with Gasteiger partial charge in [-0.2, -0.15) is 0 Å². The lowest BCUT2D eigenvalue weighted by atomic mass is 10.1. The molecule has 1 atom stereocenters. The van der Waals surface area contributed by atoms with Gasteiger partial charge in [-0.3, -0.25) is 0 Å². The van der Waals surface area contributed by atoms with Crippen molar-refractivity contribution in [2.45, 2.75) is 33.4 Å². The molecule has 1 heterocycles. The van der Waals surface area contributed by atoms with E-state index >= 15 is 0 Å². The Balaban J connectivity index is 1.68. The summed E-state index contributed by atoms with van der Waals surface area (Å²) in [6, 6.07) is 13.0. The van der Waals surface area contributed by atoms with Crippen LogP contribution in [0.4, 0.5) is 4.79 Å². The van der Waals surface area contributed by atoms with E-state index in [9.17, 15) is 14.4 Å². The number of alkyl carbamates (subject to hydrolysis) is 1. The van der Waals surface area contributed by atoms with Gasteiger partial charge >= 0.3 is 17.7 Å². The minimum absolute atomic E-state index is 0.0924. The van der Waals surface area contributed by atoms with Crippen molar-refractivity contribution in [3.63, 3.8) is 0 Å². The number of rotatable bonds is 5. The zero-order valence-electron chi connectivity index (χ0n) is 16.4. The molecule has 1 N–H and O–H groups in total. The summed E-state index contributed by atoms with van der Waals surface area (Å²) in [7, 11) is 0. The van der Waals surface area contributed by atoms with E-state index in [4.69, 9.17) is 13.9 Å². The van der Waals surface area contributed by atoms with Gasteiger partial charge in [-0.15, -0.1) is 0 Å². The van der Waals surface area contributed by atoms with E-state index in [1.165, 1.54) is 13.0 Å². The molecule has 0 aliphatic rings. The second-order valence-electron chi connectivity index (χ2n) is 6.73. The molecule has 0 radical (unpaired) electrons. The minimum atomic E-state index is -0.940. The van der Waals surface area contributed by atoms with Crippen molar-refractivity contribution in [2.75, 3.05) is 0 Å². The lowest BCUT2D eigenvalue weighted by Gasteiger charge is -2.15. The zero-order valence-corrected chi connectivity index (χ0v) is 16.4. The third kappa shape index (κ3) is 5.01. The number of esters is 1. The maximum absolute atomic E-state index is 12.5. The van der Waals surface area contributed by atoms with Gasteiger partial charge in [0.2, 0.25) is 0 Å². The predicted octanol–water partition coefficient (Wildman–Crippen LogP) is 3.63.